The van der Waals surface area contributed by atoms with Crippen molar-refractivity contribution in [2.75, 3.05) is 12.0 Å². The van der Waals surface area contributed by atoms with Crippen LogP contribution >= 0.6 is 10.7 Å². The molecule has 0 saturated heterocycles. The Labute approximate surface area is 129 Å². The van der Waals surface area contributed by atoms with E-state index in [1.165, 1.54) is 6.26 Å². The van der Waals surface area contributed by atoms with Gasteiger partial charge in [-0.05, 0) is 19.8 Å². The molecule has 21 heavy (non-hydrogen) atoms. The van der Waals surface area contributed by atoms with Crippen LogP contribution in [0, 0.1) is 0 Å². The lowest BCUT2D eigenvalue weighted by molar-refractivity contribution is 0.0935. The Morgan fingerprint density at radius 1 is 1.57 bits per heavy atom. The summed E-state index contributed by atoms with van der Waals surface area (Å²) in [7, 11) is 0.288. The lowest BCUT2D eigenvalue weighted by Crippen LogP contribution is -2.36. The van der Waals surface area contributed by atoms with E-state index in [1.807, 2.05) is 0 Å². The van der Waals surface area contributed by atoms with Gasteiger partial charge < -0.3 is 5.32 Å². The maximum Gasteiger partial charge on any atom is 0.273 e. The van der Waals surface area contributed by atoms with Crippen molar-refractivity contribution in [2.45, 2.75) is 36.6 Å². The summed E-state index contributed by atoms with van der Waals surface area (Å²) in [4.78, 5) is 11.9. The highest BCUT2D eigenvalue weighted by Crippen LogP contribution is 2.43. The van der Waals surface area contributed by atoms with Gasteiger partial charge in [-0.3, -0.25) is 14.1 Å². The molecule has 0 spiro atoms. The average Bonchev–Trinajstić information content (AvgIpc) is 3.04. The second-order valence-corrected chi connectivity index (χ2v) is 9.12. The van der Waals surface area contributed by atoms with Crippen molar-refractivity contribution in [3.8, 4) is 0 Å². The fourth-order valence-electron chi connectivity index (χ4n) is 2.08. The van der Waals surface area contributed by atoms with Crippen LogP contribution in [0.2, 0.25) is 0 Å². The molecule has 2 N–H and O–H groups in total. The van der Waals surface area contributed by atoms with Crippen molar-refractivity contribution >= 4 is 36.4 Å². The highest BCUT2D eigenvalue weighted by Gasteiger charge is 2.36. The number of hydrogen-bond acceptors (Lipinski definition) is 5. The maximum atomic E-state index is 12.1. The van der Waals surface area contributed by atoms with Gasteiger partial charge in [0.25, 0.3) is 15.0 Å². The summed E-state index contributed by atoms with van der Waals surface area (Å²) >= 11 is 0. The first kappa shape index (κ1) is 16.4. The van der Waals surface area contributed by atoms with Gasteiger partial charge in [0.1, 0.15) is 4.90 Å². The molecule has 1 aromatic rings. The van der Waals surface area contributed by atoms with Gasteiger partial charge in [-0.25, -0.2) is 8.42 Å². The summed E-state index contributed by atoms with van der Waals surface area (Å²) in [6.45, 7) is 1.68. The van der Waals surface area contributed by atoms with E-state index in [0.717, 1.165) is 12.8 Å². The Bertz CT molecular complexity index is 682. The number of nitrogens with zero attached hydrogens (tertiary/aromatic N) is 1. The van der Waals surface area contributed by atoms with Crippen molar-refractivity contribution < 1.29 is 17.4 Å². The summed E-state index contributed by atoms with van der Waals surface area (Å²) in [6, 6.07) is -0.365. The van der Waals surface area contributed by atoms with Crippen LogP contribution in [0.3, 0.4) is 0 Å². The molecule has 2 atom stereocenters. The van der Waals surface area contributed by atoms with Gasteiger partial charge in [-0.1, -0.05) is 0 Å². The summed E-state index contributed by atoms with van der Waals surface area (Å²) in [5.41, 5.74) is 0.155. The number of nitrogens with one attached hydrogen (secondary N) is 2. The molecule has 7 nitrogen and oxygen atoms in total. The molecule has 1 aliphatic rings. The van der Waals surface area contributed by atoms with Crippen LogP contribution in [0.5, 0.6) is 0 Å². The first-order valence-electron chi connectivity index (χ1n) is 6.34. The van der Waals surface area contributed by atoms with Gasteiger partial charge in [-0.2, -0.15) is 5.10 Å². The Kier molecular flexibility index (Phi) is 4.74. The largest absolute Gasteiger partial charge is 0.347 e. The third kappa shape index (κ3) is 4.04. The lowest BCUT2D eigenvalue weighted by atomic mass is 10.2. The van der Waals surface area contributed by atoms with E-state index in [1.54, 1.807) is 6.92 Å². The van der Waals surface area contributed by atoms with Gasteiger partial charge in [0.15, 0.2) is 5.69 Å². The number of H-pyrrole nitrogens is 1. The molecular formula is C11H16ClN3O4S2. The quantitative estimate of drug-likeness (QED) is 0.732. The standard InChI is InChI=1S/C11H16ClN3O4S2/c1-6(5-20(2)17)13-11(16)9-10(21(12,18)19)8(14-15-9)7-3-4-7/h6-7H,3-5H2,1-2H3,(H,13,16)(H,14,15). The van der Waals surface area contributed by atoms with Gasteiger partial charge in [0, 0.05) is 45.5 Å². The van der Waals surface area contributed by atoms with Gasteiger partial charge in [0.2, 0.25) is 0 Å². The summed E-state index contributed by atoms with van der Waals surface area (Å²) in [6.07, 6.45) is 3.21. The lowest BCUT2D eigenvalue weighted by Gasteiger charge is -2.11. The van der Waals surface area contributed by atoms with E-state index in [0.29, 0.717) is 5.69 Å². The molecule has 10 heteroatoms. The van der Waals surface area contributed by atoms with Crippen LogP contribution in [-0.2, 0) is 19.9 Å². The van der Waals surface area contributed by atoms with E-state index in [2.05, 4.69) is 15.5 Å². The highest BCUT2D eigenvalue weighted by molar-refractivity contribution is 8.13. The van der Waals surface area contributed by atoms with Gasteiger partial charge >= 0.3 is 0 Å². The van der Waals surface area contributed by atoms with Crippen LogP contribution < -0.4 is 5.32 Å². The number of rotatable bonds is 6. The summed E-state index contributed by atoms with van der Waals surface area (Å²) in [5.74, 6) is -0.312. The van der Waals surface area contributed by atoms with E-state index in [4.69, 9.17) is 10.7 Å². The van der Waals surface area contributed by atoms with Crippen molar-refractivity contribution in [1.82, 2.24) is 15.5 Å². The second-order valence-electron chi connectivity index (χ2n) is 5.14. The maximum absolute atomic E-state index is 12.1. The van der Waals surface area contributed by atoms with E-state index in [-0.39, 0.29) is 28.3 Å². The first-order valence-corrected chi connectivity index (χ1v) is 10.4. The van der Waals surface area contributed by atoms with Crippen molar-refractivity contribution in [1.29, 1.82) is 0 Å². The normalized spacial score (nSPS) is 18.2. The predicted octanol–water partition coefficient (Wildman–Crippen LogP) is 0.711. The van der Waals surface area contributed by atoms with Gasteiger partial charge in [-0.15, -0.1) is 0 Å². The molecule has 2 unspecified atom stereocenters. The molecule has 2 rings (SSSR count). The van der Waals surface area contributed by atoms with E-state index < -0.39 is 25.8 Å². The molecule has 0 aromatic carbocycles. The number of amides is 1. The highest BCUT2D eigenvalue weighted by atomic mass is 35.7. The number of hydrogen-bond donors (Lipinski definition) is 2. The Morgan fingerprint density at radius 3 is 2.67 bits per heavy atom. The minimum Gasteiger partial charge on any atom is -0.347 e. The molecule has 1 aliphatic carbocycles. The molecule has 0 radical (unpaired) electrons. The SMILES string of the molecule is CC(CS(C)=O)NC(=O)c1n[nH]c(C2CC2)c1S(=O)(=O)Cl. The molecule has 1 amide bonds. The van der Waals surface area contributed by atoms with Crippen LogP contribution in [0.4, 0.5) is 0 Å². The predicted molar refractivity (Wildman–Crippen MR) is 79.5 cm³/mol. The fraction of sp³-hybridized carbons (Fsp3) is 0.636. The molecule has 1 saturated carbocycles. The third-order valence-electron chi connectivity index (χ3n) is 3.05. The Balaban J connectivity index is 2.27. The minimum absolute atomic E-state index is 0.0585. The van der Waals surface area contributed by atoms with Crippen LogP contribution in [-0.4, -0.2) is 46.8 Å². The van der Waals surface area contributed by atoms with E-state index in [9.17, 15) is 17.4 Å². The third-order valence-corrected chi connectivity index (χ3v) is 5.39. The van der Waals surface area contributed by atoms with Crippen molar-refractivity contribution in [2.24, 2.45) is 0 Å². The number of aromatic amines is 1. The van der Waals surface area contributed by atoms with Crippen LogP contribution in [0.25, 0.3) is 0 Å². The molecular weight excluding hydrogens is 338 g/mol. The van der Waals surface area contributed by atoms with Gasteiger partial charge in [0.05, 0.1) is 5.69 Å². The number of aromatic nitrogens is 2. The Morgan fingerprint density at radius 2 is 2.19 bits per heavy atom. The number of carbonyl (C=O) groups is 1. The first-order chi connectivity index (χ1) is 9.70. The zero-order chi connectivity index (χ0) is 15.8. The molecule has 1 heterocycles. The molecule has 118 valence electrons. The van der Waals surface area contributed by atoms with Crippen molar-refractivity contribution in [3.63, 3.8) is 0 Å². The Hall–Kier alpha value is -0.930. The zero-order valence-corrected chi connectivity index (χ0v) is 13.9. The van der Waals surface area contributed by atoms with Crippen molar-refractivity contribution in [3.05, 3.63) is 11.4 Å². The topological polar surface area (TPSA) is 109 Å². The summed E-state index contributed by atoms with van der Waals surface area (Å²) in [5, 5.41) is 8.98. The second kappa shape index (κ2) is 6.05. The fourth-order valence-corrected chi connectivity index (χ4v) is 4.18. The monoisotopic (exact) mass is 353 g/mol. The average molecular weight is 354 g/mol. The molecule has 1 aromatic heterocycles. The smallest absolute Gasteiger partial charge is 0.273 e. The summed E-state index contributed by atoms with van der Waals surface area (Å²) < 4.78 is 34.5. The minimum atomic E-state index is -4.07. The van der Waals surface area contributed by atoms with E-state index >= 15 is 0 Å². The van der Waals surface area contributed by atoms with Crippen LogP contribution in [0.15, 0.2) is 4.90 Å². The number of halogens is 1. The molecule has 0 bridgehead atoms. The zero-order valence-electron chi connectivity index (χ0n) is 11.6. The number of carbonyl (C=O) groups excluding carboxylic acids is 1. The molecule has 0 aliphatic heterocycles. The molecule has 1 fully saturated rings. The van der Waals surface area contributed by atoms with Crippen LogP contribution in [0.1, 0.15) is 41.9 Å².